The highest BCUT2D eigenvalue weighted by Gasteiger charge is 2.31. The Morgan fingerprint density at radius 1 is 1.00 bits per heavy atom. The number of pyridine rings is 1. The Labute approximate surface area is 240 Å². The van der Waals surface area contributed by atoms with E-state index >= 15 is 0 Å². The number of halogens is 1. The third kappa shape index (κ3) is 5.15. The fraction of sp³-hybridized carbons (Fsp3) is 0.129. The van der Waals surface area contributed by atoms with Crippen molar-refractivity contribution in [2.24, 2.45) is 10.9 Å². The second-order valence-corrected chi connectivity index (χ2v) is 9.79. The van der Waals surface area contributed by atoms with Gasteiger partial charge in [-0.2, -0.15) is 5.21 Å². The number of rotatable bonds is 9. The number of nitrogens with one attached hydrogen (secondary N) is 2. The van der Waals surface area contributed by atoms with Crippen molar-refractivity contribution in [3.63, 3.8) is 0 Å². The summed E-state index contributed by atoms with van der Waals surface area (Å²) in [6, 6.07) is 18.6. The summed E-state index contributed by atoms with van der Waals surface area (Å²) in [5, 5.41) is 17.3. The van der Waals surface area contributed by atoms with Crippen molar-refractivity contribution in [1.29, 1.82) is 0 Å². The molecule has 206 valence electrons. The van der Waals surface area contributed by atoms with Crippen molar-refractivity contribution >= 4 is 34.1 Å². The second kappa shape index (κ2) is 11.1. The zero-order chi connectivity index (χ0) is 28.3. The zero-order valence-electron chi connectivity index (χ0n) is 22.3. The molecule has 0 fully saturated rings. The van der Waals surface area contributed by atoms with Crippen LogP contribution in [-0.2, 0) is 12.8 Å². The summed E-state index contributed by atoms with van der Waals surface area (Å²) in [7, 11) is 0. The minimum atomic E-state index is -0.234. The van der Waals surface area contributed by atoms with Crippen LogP contribution in [0.15, 0.2) is 96.4 Å². The molecule has 2 N–H and O–H groups in total. The van der Waals surface area contributed by atoms with Crippen molar-refractivity contribution in [2.45, 2.75) is 12.8 Å². The first-order valence-electron chi connectivity index (χ1n) is 13.5. The summed E-state index contributed by atoms with van der Waals surface area (Å²) in [6.45, 7) is 0.307. The van der Waals surface area contributed by atoms with E-state index in [1.54, 1.807) is 24.7 Å². The molecule has 0 bridgehead atoms. The number of fused-ring (bicyclic) bond motifs is 3. The van der Waals surface area contributed by atoms with Crippen LogP contribution in [-0.4, -0.2) is 47.9 Å². The molecule has 1 unspecified atom stereocenters. The standard InChI is InChI=1S/C31H24FN9O/c32-25-7-3-1-5-19(25)15-20-16-21(17-24-23-6-2-4-8-26(23)36-29(20)24)30-34-18-27(42-14-11-28-38-40-41-39-28)31(37-30)35-22-9-12-33-13-10-22/h1-10,12-13,16-18,20H,11,14-15H2,(H,33,34,35,37)(H,38,39,40,41). The van der Waals surface area contributed by atoms with E-state index in [2.05, 4.69) is 54.1 Å². The molecule has 1 aliphatic heterocycles. The number of allylic oxidation sites excluding steroid dienone is 4. The van der Waals surface area contributed by atoms with Gasteiger partial charge < -0.3 is 10.1 Å². The summed E-state index contributed by atoms with van der Waals surface area (Å²) < 4.78 is 20.8. The lowest BCUT2D eigenvalue weighted by Crippen LogP contribution is -2.19. The number of anilines is 2. The largest absolute Gasteiger partial charge is 0.488 e. The molecule has 0 saturated heterocycles. The van der Waals surface area contributed by atoms with Crippen LogP contribution in [0.5, 0.6) is 5.75 Å². The fourth-order valence-corrected chi connectivity index (χ4v) is 5.07. The van der Waals surface area contributed by atoms with Gasteiger partial charge in [-0.05, 0) is 42.3 Å². The van der Waals surface area contributed by atoms with Crippen LogP contribution in [0.2, 0.25) is 0 Å². The van der Waals surface area contributed by atoms with E-state index in [0.717, 1.165) is 33.8 Å². The number of tetrazole rings is 1. The van der Waals surface area contributed by atoms with Gasteiger partial charge >= 0.3 is 0 Å². The van der Waals surface area contributed by atoms with Gasteiger partial charge in [0.1, 0.15) is 5.82 Å². The van der Waals surface area contributed by atoms with Crippen molar-refractivity contribution in [3.8, 4) is 5.75 Å². The molecule has 5 aromatic rings. The molecule has 4 heterocycles. The molecule has 11 heteroatoms. The number of aromatic amines is 1. The van der Waals surface area contributed by atoms with Gasteiger partial charge in [0.25, 0.3) is 0 Å². The van der Waals surface area contributed by atoms with Crippen molar-refractivity contribution in [3.05, 3.63) is 120 Å². The first-order valence-corrected chi connectivity index (χ1v) is 13.5. The first kappa shape index (κ1) is 25.4. The second-order valence-electron chi connectivity index (χ2n) is 9.79. The molecule has 1 atom stereocenters. The Bertz CT molecular complexity index is 1830. The molecule has 2 aliphatic rings. The Hall–Kier alpha value is -5.58. The maximum absolute atomic E-state index is 14.7. The number of aliphatic imine (C=N–C) groups is 1. The maximum Gasteiger partial charge on any atom is 0.180 e. The number of para-hydroxylation sites is 1. The Kier molecular flexibility index (Phi) is 6.73. The predicted octanol–water partition coefficient (Wildman–Crippen LogP) is 5.31. The van der Waals surface area contributed by atoms with E-state index in [0.29, 0.717) is 48.2 Å². The summed E-state index contributed by atoms with van der Waals surface area (Å²) in [5.74, 6) is 1.62. The number of H-pyrrole nitrogens is 1. The third-order valence-corrected chi connectivity index (χ3v) is 7.07. The van der Waals surface area contributed by atoms with Crippen molar-refractivity contribution < 1.29 is 9.13 Å². The Morgan fingerprint density at radius 2 is 1.86 bits per heavy atom. The molecule has 10 nitrogen and oxygen atoms in total. The maximum atomic E-state index is 14.7. The van der Waals surface area contributed by atoms with Gasteiger partial charge in [-0.1, -0.05) is 47.7 Å². The van der Waals surface area contributed by atoms with Crippen LogP contribution in [0.25, 0.3) is 11.1 Å². The summed E-state index contributed by atoms with van der Waals surface area (Å²) >= 11 is 0. The minimum absolute atomic E-state index is 0.171. The topological polar surface area (TPSA) is 127 Å². The average molecular weight is 558 g/mol. The van der Waals surface area contributed by atoms with Gasteiger partial charge in [-0.3, -0.25) is 9.98 Å². The smallest absolute Gasteiger partial charge is 0.180 e. The molecule has 3 aromatic heterocycles. The van der Waals surface area contributed by atoms with Gasteiger partial charge in [-0.25, -0.2) is 14.4 Å². The Balaban J connectivity index is 1.26. The van der Waals surface area contributed by atoms with Crippen LogP contribution in [0.3, 0.4) is 0 Å². The lowest BCUT2D eigenvalue weighted by molar-refractivity contribution is 0.318. The van der Waals surface area contributed by atoms with Gasteiger partial charge in [0.2, 0.25) is 0 Å². The minimum Gasteiger partial charge on any atom is -0.488 e. The predicted molar refractivity (Wildman–Crippen MR) is 156 cm³/mol. The van der Waals surface area contributed by atoms with E-state index < -0.39 is 0 Å². The van der Waals surface area contributed by atoms with Crippen LogP contribution in [0.1, 0.15) is 22.8 Å². The van der Waals surface area contributed by atoms with Crippen LogP contribution < -0.4 is 10.1 Å². The molecule has 0 saturated carbocycles. The number of nitrogens with zero attached hydrogens (tertiary/aromatic N) is 7. The summed E-state index contributed by atoms with van der Waals surface area (Å²) in [6.07, 6.45) is 10.1. The fourth-order valence-electron chi connectivity index (χ4n) is 5.07. The number of aromatic nitrogens is 7. The normalized spacial score (nSPS) is 15.3. The van der Waals surface area contributed by atoms with Crippen molar-refractivity contribution in [2.75, 3.05) is 11.9 Å². The summed E-state index contributed by atoms with van der Waals surface area (Å²) in [5.41, 5.74) is 6.09. The molecular formula is C31H24FN9O. The van der Waals surface area contributed by atoms with Gasteiger partial charge in [-0.15, -0.1) is 10.2 Å². The number of hydrogen-bond acceptors (Lipinski definition) is 9. The zero-order valence-corrected chi connectivity index (χ0v) is 22.3. The van der Waals surface area contributed by atoms with Gasteiger partial charge in [0.15, 0.2) is 23.2 Å². The van der Waals surface area contributed by atoms with Gasteiger partial charge in [0.05, 0.1) is 24.2 Å². The first-order chi connectivity index (χ1) is 20.7. The summed E-state index contributed by atoms with van der Waals surface area (Å²) in [4.78, 5) is 18.6. The van der Waals surface area contributed by atoms with E-state index in [1.165, 1.54) is 6.07 Å². The van der Waals surface area contributed by atoms with Crippen LogP contribution in [0.4, 0.5) is 21.6 Å². The van der Waals surface area contributed by atoms with E-state index in [9.17, 15) is 4.39 Å². The highest BCUT2D eigenvalue weighted by atomic mass is 19.1. The van der Waals surface area contributed by atoms with Gasteiger partial charge in [0, 0.05) is 47.1 Å². The quantitative estimate of drug-likeness (QED) is 0.250. The molecule has 42 heavy (non-hydrogen) atoms. The molecule has 1 aliphatic carbocycles. The highest BCUT2D eigenvalue weighted by Crippen LogP contribution is 2.43. The van der Waals surface area contributed by atoms with Crippen LogP contribution >= 0.6 is 0 Å². The SMILES string of the molecule is Fc1ccccc1CC1C=C(c2ncc(OCCc3nn[nH]n3)c(Nc3ccncc3)n2)C=C2C1=Nc1ccccc12. The molecule has 7 rings (SSSR count). The average Bonchev–Trinajstić information content (AvgIpc) is 3.68. The molecule has 0 spiro atoms. The third-order valence-electron chi connectivity index (χ3n) is 7.07. The van der Waals surface area contributed by atoms with E-state index in [4.69, 9.17) is 14.7 Å². The molecular weight excluding hydrogens is 533 g/mol. The number of benzene rings is 2. The monoisotopic (exact) mass is 557 g/mol. The molecule has 2 aromatic carbocycles. The molecule has 0 amide bonds. The lowest BCUT2D eigenvalue weighted by atomic mass is 9.82. The highest BCUT2D eigenvalue weighted by molar-refractivity contribution is 6.33. The number of ether oxygens (including phenoxy) is 1. The molecule has 0 radical (unpaired) electrons. The Morgan fingerprint density at radius 3 is 2.71 bits per heavy atom. The van der Waals surface area contributed by atoms with Crippen molar-refractivity contribution in [1.82, 2.24) is 35.6 Å². The van der Waals surface area contributed by atoms with Crippen LogP contribution in [0, 0.1) is 11.7 Å². The van der Waals surface area contributed by atoms with E-state index in [-0.39, 0.29) is 11.7 Å². The lowest BCUT2D eigenvalue weighted by Gasteiger charge is -2.22. The van der Waals surface area contributed by atoms with E-state index in [1.807, 2.05) is 42.5 Å². The number of hydrogen-bond donors (Lipinski definition) is 2.